The molecule has 0 atom stereocenters. The molecule has 0 N–H and O–H groups in total. The van der Waals surface area contributed by atoms with E-state index in [0.717, 1.165) is 36.5 Å². The summed E-state index contributed by atoms with van der Waals surface area (Å²) >= 11 is 5.97. The molecule has 0 fully saturated rings. The number of benzene rings is 1. The van der Waals surface area contributed by atoms with Gasteiger partial charge in [0.15, 0.2) is 0 Å². The van der Waals surface area contributed by atoms with Crippen LogP contribution < -0.4 is 0 Å². The molecule has 0 aliphatic rings. The van der Waals surface area contributed by atoms with Gasteiger partial charge in [-0.25, -0.2) is 8.42 Å². The first-order chi connectivity index (χ1) is 8.90. The molecule has 0 radical (unpaired) electrons. The molecule has 1 aromatic rings. The molecule has 0 aromatic heterocycles. The number of hydrogen-bond donors (Lipinski definition) is 0. The van der Waals surface area contributed by atoms with Crippen molar-refractivity contribution in [1.29, 1.82) is 0 Å². The van der Waals surface area contributed by atoms with Crippen molar-refractivity contribution in [3.8, 4) is 0 Å². The largest absolute Gasteiger partial charge is 0.298 e. The number of hydrogen-bond acceptors (Lipinski definition) is 3. The Balaban J connectivity index is 2.63. The first-order valence-electron chi connectivity index (χ1n) is 6.55. The van der Waals surface area contributed by atoms with Crippen LogP contribution in [0.1, 0.15) is 25.3 Å². The third-order valence-electron chi connectivity index (χ3n) is 2.90. The quantitative estimate of drug-likeness (QED) is 0.741. The first kappa shape index (κ1) is 16.5. The van der Waals surface area contributed by atoms with Gasteiger partial charge < -0.3 is 0 Å². The average molecular weight is 304 g/mol. The molecule has 0 saturated carbocycles. The van der Waals surface area contributed by atoms with Crippen LogP contribution in [0.25, 0.3) is 0 Å². The van der Waals surface area contributed by atoms with Crippen LogP contribution in [0, 0.1) is 0 Å². The van der Waals surface area contributed by atoms with Gasteiger partial charge in [0.2, 0.25) is 0 Å². The molecule has 0 aliphatic carbocycles. The number of unbranched alkanes of at least 4 members (excludes halogenated alkanes) is 1. The van der Waals surface area contributed by atoms with Gasteiger partial charge in [-0.05, 0) is 30.7 Å². The Morgan fingerprint density at radius 1 is 1.26 bits per heavy atom. The number of sulfone groups is 1. The van der Waals surface area contributed by atoms with Crippen LogP contribution in [0.5, 0.6) is 0 Å². The Morgan fingerprint density at radius 3 is 2.58 bits per heavy atom. The van der Waals surface area contributed by atoms with Crippen molar-refractivity contribution in [3.63, 3.8) is 0 Å². The summed E-state index contributed by atoms with van der Waals surface area (Å²) < 4.78 is 22.5. The minimum absolute atomic E-state index is 0.206. The highest BCUT2D eigenvalue weighted by atomic mass is 35.5. The van der Waals surface area contributed by atoms with Crippen LogP contribution in [-0.4, -0.2) is 38.4 Å². The summed E-state index contributed by atoms with van der Waals surface area (Å²) in [6.45, 7) is 4.37. The van der Waals surface area contributed by atoms with Crippen molar-refractivity contribution < 1.29 is 8.42 Å². The van der Waals surface area contributed by atoms with Crippen LogP contribution in [0.4, 0.5) is 0 Å². The normalized spacial score (nSPS) is 12.0. The Labute approximate surface area is 121 Å². The van der Waals surface area contributed by atoms with Gasteiger partial charge >= 0.3 is 0 Å². The molecule has 0 amide bonds. The summed E-state index contributed by atoms with van der Waals surface area (Å²) in [7, 11) is -2.91. The summed E-state index contributed by atoms with van der Waals surface area (Å²) in [4.78, 5) is 2.18. The minimum Gasteiger partial charge on any atom is -0.298 e. The standard InChI is InChI=1S/C14H22ClNO2S/c1-3-4-8-16(9-10-19(2,17)18)12-13-6-5-7-14(15)11-13/h5-7,11H,3-4,8-10,12H2,1-2H3. The average Bonchev–Trinajstić information content (AvgIpc) is 2.31. The predicted molar refractivity (Wildman–Crippen MR) is 81.3 cm³/mol. The highest BCUT2D eigenvalue weighted by Gasteiger charge is 2.10. The fraction of sp³-hybridized carbons (Fsp3) is 0.571. The lowest BCUT2D eigenvalue weighted by atomic mass is 10.2. The van der Waals surface area contributed by atoms with Gasteiger partial charge in [0.25, 0.3) is 0 Å². The van der Waals surface area contributed by atoms with E-state index in [0.29, 0.717) is 6.54 Å². The first-order valence-corrected chi connectivity index (χ1v) is 8.99. The molecule has 1 rings (SSSR count). The van der Waals surface area contributed by atoms with E-state index < -0.39 is 9.84 Å². The Kier molecular flexibility index (Phi) is 6.83. The van der Waals surface area contributed by atoms with E-state index in [1.54, 1.807) is 0 Å². The van der Waals surface area contributed by atoms with E-state index in [1.165, 1.54) is 6.26 Å². The lowest BCUT2D eigenvalue weighted by Crippen LogP contribution is -2.29. The molecule has 5 heteroatoms. The summed E-state index contributed by atoms with van der Waals surface area (Å²) in [6.07, 6.45) is 3.46. The van der Waals surface area contributed by atoms with Crippen molar-refractivity contribution >= 4 is 21.4 Å². The molecule has 0 saturated heterocycles. The van der Waals surface area contributed by atoms with E-state index >= 15 is 0 Å². The van der Waals surface area contributed by atoms with E-state index in [4.69, 9.17) is 11.6 Å². The van der Waals surface area contributed by atoms with Crippen molar-refractivity contribution in [3.05, 3.63) is 34.9 Å². The molecule has 0 heterocycles. The molecular weight excluding hydrogens is 282 g/mol. The second-order valence-corrected chi connectivity index (χ2v) is 7.59. The summed E-state index contributed by atoms with van der Waals surface area (Å²) in [5, 5.41) is 0.719. The third-order valence-corrected chi connectivity index (χ3v) is 4.06. The maximum Gasteiger partial charge on any atom is 0.148 e. The molecule has 19 heavy (non-hydrogen) atoms. The summed E-state index contributed by atoms with van der Waals surface area (Å²) in [5.41, 5.74) is 1.12. The fourth-order valence-corrected chi connectivity index (χ4v) is 2.64. The van der Waals surface area contributed by atoms with Crippen LogP contribution in [0.2, 0.25) is 5.02 Å². The van der Waals surface area contributed by atoms with Crippen molar-refractivity contribution in [2.45, 2.75) is 26.3 Å². The Hall–Kier alpha value is -0.580. The topological polar surface area (TPSA) is 37.4 Å². The molecule has 0 aliphatic heterocycles. The second-order valence-electron chi connectivity index (χ2n) is 4.89. The lowest BCUT2D eigenvalue weighted by molar-refractivity contribution is 0.276. The Morgan fingerprint density at radius 2 is 2.00 bits per heavy atom. The molecule has 1 aromatic carbocycles. The maximum atomic E-state index is 11.3. The van der Waals surface area contributed by atoms with Crippen LogP contribution in [-0.2, 0) is 16.4 Å². The fourth-order valence-electron chi connectivity index (χ4n) is 1.84. The van der Waals surface area contributed by atoms with Gasteiger partial charge in [0.05, 0.1) is 5.75 Å². The molecule has 0 unspecified atom stereocenters. The van der Waals surface area contributed by atoms with E-state index in [1.807, 2.05) is 24.3 Å². The number of halogens is 1. The van der Waals surface area contributed by atoms with Gasteiger partial charge in [-0.3, -0.25) is 4.90 Å². The van der Waals surface area contributed by atoms with Crippen LogP contribution in [0.3, 0.4) is 0 Å². The SMILES string of the molecule is CCCCN(CCS(C)(=O)=O)Cc1cccc(Cl)c1. The molecule has 3 nitrogen and oxygen atoms in total. The van der Waals surface area contributed by atoms with Crippen LogP contribution in [0.15, 0.2) is 24.3 Å². The van der Waals surface area contributed by atoms with E-state index in [-0.39, 0.29) is 5.75 Å². The van der Waals surface area contributed by atoms with Gasteiger partial charge in [0, 0.05) is 24.4 Å². The van der Waals surface area contributed by atoms with E-state index in [2.05, 4.69) is 11.8 Å². The highest BCUT2D eigenvalue weighted by Crippen LogP contribution is 2.13. The zero-order chi connectivity index (χ0) is 14.3. The van der Waals surface area contributed by atoms with Gasteiger partial charge in [-0.15, -0.1) is 0 Å². The lowest BCUT2D eigenvalue weighted by Gasteiger charge is -2.21. The van der Waals surface area contributed by atoms with Crippen molar-refractivity contribution in [2.75, 3.05) is 25.1 Å². The van der Waals surface area contributed by atoms with Crippen LogP contribution >= 0.6 is 11.6 Å². The monoisotopic (exact) mass is 303 g/mol. The smallest absolute Gasteiger partial charge is 0.148 e. The second kappa shape index (κ2) is 7.88. The molecule has 0 spiro atoms. The van der Waals surface area contributed by atoms with Gasteiger partial charge in [-0.1, -0.05) is 37.1 Å². The van der Waals surface area contributed by atoms with E-state index in [9.17, 15) is 8.42 Å². The maximum absolute atomic E-state index is 11.3. The molecule has 0 bridgehead atoms. The zero-order valence-corrected chi connectivity index (χ0v) is 13.2. The molecular formula is C14H22ClNO2S. The summed E-state index contributed by atoms with van der Waals surface area (Å²) in [5.74, 6) is 0.206. The zero-order valence-electron chi connectivity index (χ0n) is 11.6. The highest BCUT2D eigenvalue weighted by molar-refractivity contribution is 7.90. The summed E-state index contributed by atoms with van der Waals surface area (Å²) in [6, 6.07) is 7.72. The predicted octanol–water partition coefficient (Wildman–Crippen LogP) is 2.99. The van der Waals surface area contributed by atoms with Gasteiger partial charge in [0.1, 0.15) is 9.84 Å². The third kappa shape index (κ3) is 7.55. The minimum atomic E-state index is -2.91. The van der Waals surface area contributed by atoms with Crippen molar-refractivity contribution in [2.24, 2.45) is 0 Å². The number of rotatable bonds is 8. The van der Waals surface area contributed by atoms with Crippen molar-refractivity contribution in [1.82, 2.24) is 4.90 Å². The van der Waals surface area contributed by atoms with Gasteiger partial charge in [-0.2, -0.15) is 0 Å². The number of nitrogens with zero attached hydrogens (tertiary/aromatic N) is 1. The Bertz CT molecular complexity index is 488. The molecule has 108 valence electrons.